The number of carboxylic acid groups (broad SMARTS) is 2. The highest BCUT2D eigenvalue weighted by atomic mass is 16.4. The molecule has 0 aliphatic carbocycles. The van der Waals surface area contributed by atoms with Crippen LogP contribution in [0.4, 0.5) is 0 Å². The predicted octanol–water partition coefficient (Wildman–Crippen LogP) is -2.78. The highest BCUT2D eigenvalue weighted by molar-refractivity contribution is 5.96. The minimum Gasteiger partial charge on any atom is -0.481 e. The quantitative estimate of drug-likeness (QED) is 0.121. The lowest BCUT2D eigenvalue weighted by Crippen LogP contribution is -2.60. The van der Waals surface area contributed by atoms with Crippen molar-refractivity contribution in [2.24, 2.45) is 11.5 Å². The van der Waals surface area contributed by atoms with Crippen molar-refractivity contribution >= 4 is 35.6 Å². The molecule has 0 aliphatic heterocycles. The van der Waals surface area contributed by atoms with Crippen molar-refractivity contribution in [3.05, 3.63) is 35.9 Å². The average Bonchev–Trinajstić information content (AvgIpc) is 2.78. The fraction of sp³-hybridized carbons (Fsp3) is 0.455. The molecule has 0 bridgehead atoms. The molecule has 1 aromatic rings. The summed E-state index contributed by atoms with van der Waals surface area (Å²) in [5.41, 5.74) is 11.6. The first kappa shape index (κ1) is 30.0. The van der Waals surface area contributed by atoms with Crippen molar-refractivity contribution < 1.29 is 44.1 Å². The number of aliphatic carboxylic acids is 2. The number of rotatable bonds is 15. The van der Waals surface area contributed by atoms with Gasteiger partial charge in [-0.15, -0.1) is 0 Å². The number of carbonyl (C=O) groups is 6. The molecule has 36 heavy (non-hydrogen) atoms. The van der Waals surface area contributed by atoms with Gasteiger partial charge in [-0.3, -0.25) is 24.0 Å². The van der Waals surface area contributed by atoms with Gasteiger partial charge in [-0.1, -0.05) is 30.3 Å². The molecule has 10 N–H and O–H groups in total. The third-order valence-electron chi connectivity index (χ3n) is 5.00. The Morgan fingerprint density at radius 1 is 0.889 bits per heavy atom. The minimum atomic E-state index is -1.76. The Hall–Kier alpha value is -4.04. The zero-order valence-electron chi connectivity index (χ0n) is 19.5. The molecular formula is C22H31N5O9. The molecule has 0 aliphatic rings. The zero-order valence-corrected chi connectivity index (χ0v) is 19.5. The molecule has 1 aromatic carbocycles. The average molecular weight is 510 g/mol. The second kappa shape index (κ2) is 14.4. The van der Waals surface area contributed by atoms with Gasteiger partial charge in [0.2, 0.25) is 23.6 Å². The van der Waals surface area contributed by atoms with E-state index in [4.69, 9.17) is 16.6 Å². The van der Waals surface area contributed by atoms with Crippen LogP contribution in [0, 0.1) is 0 Å². The van der Waals surface area contributed by atoms with Gasteiger partial charge in [0.15, 0.2) is 0 Å². The lowest BCUT2D eigenvalue weighted by atomic mass is 10.0. The van der Waals surface area contributed by atoms with Crippen LogP contribution < -0.4 is 27.4 Å². The largest absolute Gasteiger partial charge is 0.481 e. The Bertz CT molecular complexity index is 954. The van der Waals surface area contributed by atoms with Gasteiger partial charge in [-0.05, 0) is 25.3 Å². The maximum Gasteiger partial charge on any atom is 0.326 e. The van der Waals surface area contributed by atoms with Crippen LogP contribution in [0.25, 0.3) is 0 Å². The monoisotopic (exact) mass is 509 g/mol. The third-order valence-corrected chi connectivity index (χ3v) is 5.00. The molecule has 5 unspecified atom stereocenters. The molecule has 14 nitrogen and oxygen atoms in total. The van der Waals surface area contributed by atoms with Crippen LogP contribution >= 0.6 is 0 Å². The molecule has 0 heterocycles. The van der Waals surface area contributed by atoms with Gasteiger partial charge < -0.3 is 42.7 Å². The van der Waals surface area contributed by atoms with Crippen molar-refractivity contribution in [3.63, 3.8) is 0 Å². The Morgan fingerprint density at radius 3 is 1.97 bits per heavy atom. The Balaban J connectivity index is 2.92. The summed E-state index contributed by atoms with van der Waals surface area (Å²) in [7, 11) is 0. The van der Waals surface area contributed by atoms with E-state index in [9.17, 15) is 39.0 Å². The van der Waals surface area contributed by atoms with Crippen molar-refractivity contribution in [2.75, 3.05) is 0 Å². The summed E-state index contributed by atoms with van der Waals surface area (Å²) in [6.07, 6.45) is -3.00. The molecule has 0 aromatic heterocycles. The van der Waals surface area contributed by atoms with E-state index in [0.717, 1.165) is 5.56 Å². The summed E-state index contributed by atoms with van der Waals surface area (Å²) in [5.74, 6) is -6.87. The van der Waals surface area contributed by atoms with Gasteiger partial charge in [-0.2, -0.15) is 0 Å². The molecule has 0 spiro atoms. The van der Waals surface area contributed by atoms with E-state index in [2.05, 4.69) is 10.6 Å². The summed E-state index contributed by atoms with van der Waals surface area (Å²) in [6.45, 7) is 1.18. The fourth-order valence-electron chi connectivity index (χ4n) is 3.09. The van der Waals surface area contributed by atoms with Crippen LogP contribution in [0.1, 0.15) is 31.7 Å². The maximum atomic E-state index is 12.8. The minimum absolute atomic E-state index is 0.132. The SMILES string of the molecule is CC(O)C(NC(=O)C(N)Cc1ccccc1)C(=O)NC(CC(=O)O)C(=O)NC(CCC(N)=O)C(=O)O. The summed E-state index contributed by atoms with van der Waals surface area (Å²) in [4.78, 5) is 71.3. The van der Waals surface area contributed by atoms with E-state index in [1.807, 2.05) is 5.32 Å². The van der Waals surface area contributed by atoms with Crippen molar-refractivity contribution in [2.45, 2.75) is 62.9 Å². The first-order chi connectivity index (χ1) is 16.8. The maximum absolute atomic E-state index is 12.8. The first-order valence-corrected chi connectivity index (χ1v) is 10.9. The summed E-state index contributed by atoms with van der Waals surface area (Å²) in [5, 5.41) is 34.8. The number of hydrogen-bond acceptors (Lipinski definition) is 8. The standard InChI is InChI=1S/C22H31N5O9/c1-11(28)18(27-19(32)13(23)9-12-5-3-2-4-6-12)21(34)26-15(10-17(30)31)20(33)25-14(22(35)36)7-8-16(24)29/h2-6,11,13-15,18,28H,7-10,23H2,1H3,(H2,24,29)(H,25,33)(H,26,34)(H,27,32)(H,30,31)(H,35,36). The third kappa shape index (κ3) is 10.5. The smallest absolute Gasteiger partial charge is 0.326 e. The summed E-state index contributed by atoms with van der Waals surface area (Å²) < 4.78 is 0. The number of benzene rings is 1. The summed E-state index contributed by atoms with van der Waals surface area (Å²) >= 11 is 0. The number of aliphatic hydroxyl groups excluding tert-OH is 1. The molecule has 14 heteroatoms. The van der Waals surface area contributed by atoms with Gasteiger partial charge >= 0.3 is 11.9 Å². The van der Waals surface area contributed by atoms with Gasteiger partial charge in [0.25, 0.3) is 0 Å². The number of amides is 4. The number of nitrogens with two attached hydrogens (primary N) is 2. The van der Waals surface area contributed by atoms with E-state index in [0.29, 0.717) is 0 Å². The van der Waals surface area contributed by atoms with Crippen LogP contribution in [0.15, 0.2) is 30.3 Å². The van der Waals surface area contributed by atoms with E-state index in [1.165, 1.54) is 6.92 Å². The Morgan fingerprint density at radius 2 is 1.47 bits per heavy atom. The van der Waals surface area contributed by atoms with E-state index in [1.54, 1.807) is 30.3 Å². The molecule has 4 amide bonds. The second-order valence-corrected chi connectivity index (χ2v) is 8.09. The number of carbonyl (C=O) groups excluding carboxylic acids is 4. The Kier molecular flexibility index (Phi) is 12.0. The molecular weight excluding hydrogens is 478 g/mol. The lowest BCUT2D eigenvalue weighted by Gasteiger charge is -2.26. The lowest BCUT2D eigenvalue weighted by molar-refractivity contribution is -0.144. The van der Waals surface area contributed by atoms with Crippen LogP contribution in [0.5, 0.6) is 0 Å². The Labute approximate surface area is 206 Å². The van der Waals surface area contributed by atoms with Crippen molar-refractivity contribution in [1.29, 1.82) is 0 Å². The number of nitrogens with one attached hydrogen (secondary N) is 3. The normalized spacial score (nSPS) is 14.9. The fourth-order valence-corrected chi connectivity index (χ4v) is 3.09. The molecule has 0 fully saturated rings. The van der Waals surface area contributed by atoms with E-state index >= 15 is 0 Å². The number of hydrogen-bond donors (Lipinski definition) is 8. The molecule has 1 rings (SSSR count). The number of carboxylic acids is 2. The molecule has 5 atom stereocenters. The number of aliphatic hydroxyl groups is 1. The molecule has 0 saturated heterocycles. The highest BCUT2D eigenvalue weighted by Crippen LogP contribution is 2.05. The zero-order chi connectivity index (χ0) is 27.4. The van der Waals surface area contributed by atoms with Gasteiger partial charge in [-0.25, -0.2) is 4.79 Å². The second-order valence-electron chi connectivity index (χ2n) is 8.09. The highest BCUT2D eigenvalue weighted by Gasteiger charge is 2.33. The van der Waals surface area contributed by atoms with E-state index < -0.39 is 72.3 Å². The van der Waals surface area contributed by atoms with Crippen molar-refractivity contribution in [1.82, 2.24) is 16.0 Å². The van der Waals surface area contributed by atoms with Crippen LogP contribution in [-0.2, 0) is 35.2 Å². The number of primary amides is 1. The topological polar surface area (TPSA) is 251 Å². The van der Waals surface area contributed by atoms with E-state index in [-0.39, 0.29) is 19.3 Å². The van der Waals surface area contributed by atoms with Crippen LogP contribution in [0.2, 0.25) is 0 Å². The van der Waals surface area contributed by atoms with Gasteiger partial charge in [0.1, 0.15) is 18.1 Å². The van der Waals surface area contributed by atoms with Gasteiger partial charge in [0.05, 0.1) is 18.6 Å². The molecule has 0 saturated carbocycles. The van der Waals surface area contributed by atoms with Crippen LogP contribution in [-0.4, -0.2) is 81.2 Å². The summed E-state index contributed by atoms with van der Waals surface area (Å²) in [6, 6.07) is 2.75. The van der Waals surface area contributed by atoms with Gasteiger partial charge in [0, 0.05) is 6.42 Å². The first-order valence-electron chi connectivity index (χ1n) is 10.9. The predicted molar refractivity (Wildman–Crippen MR) is 124 cm³/mol. The van der Waals surface area contributed by atoms with Crippen LogP contribution in [0.3, 0.4) is 0 Å². The molecule has 198 valence electrons. The van der Waals surface area contributed by atoms with Crippen molar-refractivity contribution in [3.8, 4) is 0 Å². The molecule has 0 radical (unpaired) electrons.